The maximum Gasteiger partial charge on any atom is 0.105 e. The topological polar surface area (TPSA) is 70.5 Å². The lowest BCUT2D eigenvalue weighted by Crippen LogP contribution is -3.00. The normalized spacial score (nSPS) is 16.4. The third kappa shape index (κ3) is 6.53. The van der Waals surface area contributed by atoms with Gasteiger partial charge in [-0.15, -0.1) is 0 Å². The second-order valence-corrected chi connectivity index (χ2v) is 10.9. The SMILES string of the molecule is CN(C)c1ccc(C(=C2C=CC(C[NH3+])(C[NH3+])C=C2)c2ccc(NC3CCCCC3)c3ccccc23)cc1.[Cl-].[Cl-]. The Morgan fingerprint density at radius 2 is 1.44 bits per heavy atom. The largest absolute Gasteiger partial charge is 1.00 e. The molecule has 0 unspecified atom stereocenters. The highest BCUT2D eigenvalue weighted by Crippen LogP contribution is 2.39. The predicted octanol–water partition coefficient (Wildman–Crippen LogP) is -0.943. The molecule has 0 saturated heterocycles. The Morgan fingerprint density at radius 1 is 0.821 bits per heavy atom. The third-order valence-corrected chi connectivity index (χ3v) is 8.24. The zero-order valence-corrected chi connectivity index (χ0v) is 24.7. The smallest absolute Gasteiger partial charge is 0.105 e. The van der Waals surface area contributed by atoms with Crippen molar-refractivity contribution < 1.29 is 36.3 Å². The van der Waals surface area contributed by atoms with Crippen LogP contribution in [0.2, 0.25) is 0 Å². The number of fused-ring (bicyclic) bond motifs is 1. The Hall–Kier alpha value is -2.76. The van der Waals surface area contributed by atoms with E-state index in [2.05, 4.69) is 121 Å². The second-order valence-electron chi connectivity index (χ2n) is 10.9. The van der Waals surface area contributed by atoms with E-state index >= 15 is 0 Å². The first-order valence-corrected chi connectivity index (χ1v) is 13.8. The van der Waals surface area contributed by atoms with E-state index in [9.17, 15) is 0 Å². The molecule has 5 rings (SSSR count). The average molecular weight is 566 g/mol. The molecule has 208 valence electrons. The lowest BCUT2D eigenvalue weighted by atomic mass is 9.80. The molecule has 0 aromatic heterocycles. The number of nitrogens with one attached hydrogen (secondary N) is 1. The number of benzene rings is 3. The van der Waals surface area contributed by atoms with E-state index in [1.165, 1.54) is 76.5 Å². The number of allylic oxidation sites excluding steroid dienone is 3. The number of rotatable bonds is 7. The number of hydrogen-bond acceptors (Lipinski definition) is 2. The molecule has 0 radical (unpaired) electrons. The molecule has 4 nitrogen and oxygen atoms in total. The van der Waals surface area contributed by atoms with Crippen LogP contribution in [-0.2, 0) is 0 Å². The summed E-state index contributed by atoms with van der Waals surface area (Å²) in [6.07, 6.45) is 15.7. The monoisotopic (exact) mass is 564 g/mol. The molecule has 39 heavy (non-hydrogen) atoms. The summed E-state index contributed by atoms with van der Waals surface area (Å²) >= 11 is 0. The van der Waals surface area contributed by atoms with Crippen molar-refractivity contribution in [1.82, 2.24) is 0 Å². The molecule has 0 amide bonds. The van der Waals surface area contributed by atoms with Crippen molar-refractivity contribution in [2.75, 3.05) is 37.4 Å². The maximum absolute atomic E-state index is 4.19. The first-order chi connectivity index (χ1) is 18.0. The van der Waals surface area contributed by atoms with Gasteiger partial charge in [-0.05, 0) is 58.7 Å². The van der Waals surface area contributed by atoms with E-state index in [0.29, 0.717) is 6.04 Å². The summed E-state index contributed by atoms with van der Waals surface area (Å²) in [7, 11) is 4.17. The van der Waals surface area contributed by atoms with E-state index in [4.69, 9.17) is 0 Å². The highest BCUT2D eigenvalue weighted by molar-refractivity contribution is 6.04. The summed E-state index contributed by atoms with van der Waals surface area (Å²) in [5.74, 6) is 0. The summed E-state index contributed by atoms with van der Waals surface area (Å²) in [6.45, 7) is 1.63. The van der Waals surface area contributed by atoms with Crippen LogP contribution in [0, 0.1) is 5.41 Å². The van der Waals surface area contributed by atoms with Crippen molar-refractivity contribution in [1.29, 1.82) is 0 Å². The summed E-state index contributed by atoms with van der Waals surface area (Å²) < 4.78 is 0. The van der Waals surface area contributed by atoms with Gasteiger partial charge in [0.05, 0.1) is 13.1 Å². The number of nitrogens with zero attached hydrogens (tertiary/aromatic N) is 1. The van der Waals surface area contributed by atoms with E-state index in [0.717, 1.165) is 13.1 Å². The number of quaternary nitrogens is 2. The van der Waals surface area contributed by atoms with Gasteiger partial charge in [0.25, 0.3) is 0 Å². The van der Waals surface area contributed by atoms with Crippen molar-refractivity contribution in [3.05, 3.63) is 102 Å². The lowest BCUT2D eigenvalue weighted by molar-refractivity contribution is -0.429. The van der Waals surface area contributed by atoms with E-state index in [1.807, 2.05) is 0 Å². The molecule has 3 aromatic rings. The van der Waals surface area contributed by atoms with Crippen LogP contribution < -0.4 is 46.5 Å². The van der Waals surface area contributed by atoms with Gasteiger partial charge in [-0.1, -0.05) is 86.0 Å². The Kier molecular flexibility index (Phi) is 10.7. The minimum Gasteiger partial charge on any atom is -1.00 e. The third-order valence-electron chi connectivity index (χ3n) is 8.24. The molecule has 1 fully saturated rings. The van der Waals surface area contributed by atoms with Crippen LogP contribution in [-0.4, -0.2) is 33.2 Å². The van der Waals surface area contributed by atoms with Gasteiger partial charge in [0, 0.05) is 36.9 Å². The fourth-order valence-electron chi connectivity index (χ4n) is 5.76. The van der Waals surface area contributed by atoms with Gasteiger partial charge in [-0.2, -0.15) is 0 Å². The van der Waals surface area contributed by atoms with Crippen molar-refractivity contribution in [3.8, 4) is 0 Å². The van der Waals surface area contributed by atoms with Gasteiger partial charge in [-0.3, -0.25) is 0 Å². The molecule has 0 heterocycles. The Bertz CT molecular complexity index is 1310. The Labute approximate surface area is 246 Å². The van der Waals surface area contributed by atoms with Gasteiger partial charge in [-0.25, -0.2) is 0 Å². The van der Waals surface area contributed by atoms with E-state index in [1.54, 1.807) is 0 Å². The summed E-state index contributed by atoms with van der Waals surface area (Å²) in [4.78, 5) is 2.15. The molecule has 2 aliphatic carbocycles. The molecule has 3 aromatic carbocycles. The van der Waals surface area contributed by atoms with Crippen molar-refractivity contribution in [2.45, 2.75) is 38.1 Å². The number of hydrogen-bond donors (Lipinski definition) is 3. The summed E-state index contributed by atoms with van der Waals surface area (Å²) in [5, 5.41) is 6.47. The van der Waals surface area contributed by atoms with Gasteiger partial charge in [0.2, 0.25) is 0 Å². The van der Waals surface area contributed by atoms with Crippen molar-refractivity contribution >= 4 is 27.7 Å². The fourth-order valence-corrected chi connectivity index (χ4v) is 5.76. The predicted molar refractivity (Wildman–Crippen MR) is 157 cm³/mol. The molecule has 7 N–H and O–H groups in total. The van der Waals surface area contributed by atoms with Crippen LogP contribution in [0.1, 0.15) is 43.2 Å². The van der Waals surface area contributed by atoms with E-state index < -0.39 is 0 Å². The average Bonchev–Trinajstić information content (AvgIpc) is 2.95. The van der Waals surface area contributed by atoms with Crippen LogP contribution in [0.5, 0.6) is 0 Å². The quantitative estimate of drug-likeness (QED) is 0.346. The molecule has 0 atom stereocenters. The van der Waals surface area contributed by atoms with Gasteiger partial charge in [0.1, 0.15) is 5.41 Å². The second kappa shape index (κ2) is 13.5. The molecule has 0 bridgehead atoms. The molecule has 0 spiro atoms. The standard InChI is InChI=1S/C33H40N4.2ClH/c1-37(2)27-14-12-24(13-15-27)32(25-18-20-33(22-34,23-35)21-19-25)30-16-17-31(29-11-7-6-10-28(29)30)36-26-8-4-3-5-9-26;;/h6-7,10-21,26,36H,3-5,8-9,22-23,34-35H2,1-2H3;2*1H. The van der Waals surface area contributed by atoms with Crippen LogP contribution in [0.3, 0.4) is 0 Å². The summed E-state index contributed by atoms with van der Waals surface area (Å²) in [6, 6.07) is 23.0. The minimum atomic E-state index is -0.0563. The highest BCUT2D eigenvalue weighted by Gasteiger charge is 2.28. The number of anilines is 2. The lowest BCUT2D eigenvalue weighted by Gasteiger charge is -2.26. The molecule has 1 saturated carbocycles. The first kappa shape index (κ1) is 30.8. The Morgan fingerprint density at radius 3 is 2.03 bits per heavy atom. The molecular weight excluding hydrogens is 523 g/mol. The summed E-state index contributed by atoms with van der Waals surface area (Å²) in [5.41, 5.74) is 15.8. The fraction of sp³-hybridized carbons (Fsp3) is 0.333. The molecule has 6 heteroatoms. The highest BCUT2D eigenvalue weighted by atomic mass is 35.5. The van der Waals surface area contributed by atoms with Crippen LogP contribution >= 0.6 is 0 Å². The molecule has 2 aliphatic rings. The van der Waals surface area contributed by atoms with Crippen LogP contribution in [0.4, 0.5) is 11.4 Å². The number of halogens is 2. The minimum absolute atomic E-state index is 0. The first-order valence-electron chi connectivity index (χ1n) is 13.8. The van der Waals surface area contributed by atoms with Crippen molar-refractivity contribution in [2.24, 2.45) is 5.41 Å². The van der Waals surface area contributed by atoms with Gasteiger partial charge < -0.3 is 46.5 Å². The molecule has 0 aliphatic heterocycles. The zero-order chi connectivity index (χ0) is 25.8. The Balaban J connectivity index is 0.00000210. The van der Waals surface area contributed by atoms with Gasteiger partial charge in [0.15, 0.2) is 0 Å². The van der Waals surface area contributed by atoms with Gasteiger partial charge >= 0.3 is 0 Å². The van der Waals surface area contributed by atoms with Crippen molar-refractivity contribution in [3.63, 3.8) is 0 Å². The van der Waals surface area contributed by atoms with Crippen LogP contribution in [0.15, 0.2) is 90.5 Å². The van der Waals surface area contributed by atoms with E-state index in [-0.39, 0.29) is 30.2 Å². The maximum atomic E-state index is 4.19. The zero-order valence-electron chi connectivity index (χ0n) is 23.2. The van der Waals surface area contributed by atoms with Crippen LogP contribution in [0.25, 0.3) is 16.3 Å². The molecular formula is C33H42Cl2N4.